The largest absolute Gasteiger partial charge is 0.496 e. The molecule has 6 nitrogen and oxygen atoms in total. The van der Waals surface area contributed by atoms with Crippen LogP contribution in [0.3, 0.4) is 0 Å². The summed E-state index contributed by atoms with van der Waals surface area (Å²) in [5.41, 5.74) is 1.75. The Morgan fingerprint density at radius 3 is 2.80 bits per heavy atom. The molecule has 0 aliphatic heterocycles. The van der Waals surface area contributed by atoms with Crippen LogP contribution in [0.5, 0.6) is 5.75 Å². The van der Waals surface area contributed by atoms with E-state index in [4.69, 9.17) is 4.74 Å². The van der Waals surface area contributed by atoms with Crippen LogP contribution >= 0.6 is 0 Å². The summed E-state index contributed by atoms with van der Waals surface area (Å²) in [4.78, 5) is 14.6. The fourth-order valence-corrected chi connectivity index (χ4v) is 1.81. The SMILES string of the molecule is COc1cc(CNCc2ccccn2)cc([N+](=O)[O-])c1. The first kappa shape index (κ1) is 14.0. The molecule has 1 aromatic heterocycles. The second-order valence-corrected chi connectivity index (χ2v) is 4.22. The number of hydrogen-bond acceptors (Lipinski definition) is 5. The number of non-ortho nitro benzene ring substituents is 1. The fraction of sp³-hybridized carbons (Fsp3) is 0.214. The van der Waals surface area contributed by atoms with Gasteiger partial charge in [0.2, 0.25) is 0 Å². The van der Waals surface area contributed by atoms with Crippen molar-refractivity contribution in [3.8, 4) is 5.75 Å². The van der Waals surface area contributed by atoms with Crippen molar-refractivity contribution < 1.29 is 9.66 Å². The van der Waals surface area contributed by atoms with Gasteiger partial charge in [-0.25, -0.2) is 0 Å². The maximum atomic E-state index is 10.8. The minimum atomic E-state index is -0.426. The van der Waals surface area contributed by atoms with Crippen molar-refractivity contribution >= 4 is 5.69 Å². The predicted molar refractivity (Wildman–Crippen MR) is 74.4 cm³/mol. The molecule has 1 N–H and O–H groups in total. The third kappa shape index (κ3) is 3.76. The minimum Gasteiger partial charge on any atom is -0.496 e. The first-order valence-electron chi connectivity index (χ1n) is 6.12. The summed E-state index contributed by atoms with van der Waals surface area (Å²) < 4.78 is 5.07. The lowest BCUT2D eigenvalue weighted by atomic mass is 10.2. The van der Waals surface area contributed by atoms with E-state index < -0.39 is 4.92 Å². The lowest BCUT2D eigenvalue weighted by Gasteiger charge is -2.07. The number of nitro groups is 1. The van der Waals surface area contributed by atoms with Crippen LogP contribution in [0.4, 0.5) is 5.69 Å². The molecule has 6 heteroatoms. The molecule has 0 unspecified atom stereocenters. The van der Waals surface area contributed by atoms with Crippen molar-refractivity contribution in [3.05, 3.63) is 64.0 Å². The van der Waals surface area contributed by atoms with Crippen molar-refractivity contribution in [2.24, 2.45) is 0 Å². The van der Waals surface area contributed by atoms with Crippen LogP contribution in [-0.4, -0.2) is 17.0 Å². The molecule has 1 aromatic carbocycles. The zero-order valence-corrected chi connectivity index (χ0v) is 11.1. The van der Waals surface area contributed by atoms with Crippen molar-refractivity contribution in [1.82, 2.24) is 10.3 Å². The smallest absolute Gasteiger partial charge is 0.273 e. The summed E-state index contributed by atoms with van der Waals surface area (Å²) in [6.07, 6.45) is 1.73. The molecule has 0 saturated carbocycles. The lowest BCUT2D eigenvalue weighted by molar-refractivity contribution is -0.385. The molecule has 0 fully saturated rings. The maximum Gasteiger partial charge on any atom is 0.273 e. The zero-order valence-electron chi connectivity index (χ0n) is 11.1. The van der Waals surface area contributed by atoms with Gasteiger partial charge in [-0.3, -0.25) is 15.1 Å². The number of hydrogen-bond donors (Lipinski definition) is 1. The second-order valence-electron chi connectivity index (χ2n) is 4.22. The van der Waals surface area contributed by atoms with Crippen LogP contribution in [0.2, 0.25) is 0 Å². The zero-order chi connectivity index (χ0) is 14.4. The molecule has 2 aromatic rings. The Hall–Kier alpha value is -2.47. The van der Waals surface area contributed by atoms with E-state index in [-0.39, 0.29) is 5.69 Å². The van der Waals surface area contributed by atoms with Gasteiger partial charge in [-0.05, 0) is 23.8 Å². The van der Waals surface area contributed by atoms with Crippen LogP contribution in [0.15, 0.2) is 42.6 Å². The Labute approximate surface area is 116 Å². The minimum absolute atomic E-state index is 0.0268. The summed E-state index contributed by atoms with van der Waals surface area (Å²) in [6.45, 7) is 1.11. The van der Waals surface area contributed by atoms with Gasteiger partial charge >= 0.3 is 0 Å². The predicted octanol–water partition coefficient (Wildman–Crippen LogP) is 2.29. The van der Waals surface area contributed by atoms with Gasteiger partial charge in [0.25, 0.3) is 5.69 Å². The van der Waals surface area contributed by atoms with Crippen molar-refractivity contribution in [1.29, 1.82) is 0 Å². The Morgan fingerprint density at radius 2 is 2.15 bits per heavy atom. The van der Waals surface area contributed by atoms with Gasteiger partial charge in [0.15, 0.2) is 0 Å². The van der Waals surface area contributed by atoms with E-state index in [9.17, 15) is 10.1 Å². The molecule has 0 saturated heterocycles. The Balaban J connectivity index is 2.02. The number of aromatic nitrogens is 1. The second kappa shape index (κ2) is 6.63. The van der Waals surface area contributed by atoms with E-state index in [1.165, 1.54) is 19.2 Å². The summed E-state index contributed by atoms with van der Waals surface area (Å²) in [7, 11) is 1.49. The van der Waals surface area contributed by atoms with Crippen LogP contribution in [0, 0.1) is 10.1 Å². The molecule has 0 atom stereocenters. The molecule has 0 bridgehead atoms. The van der Waals surface area contributed by atoms with Crippen LogP contribution < -0.4 is 10.1 Å². The molecule has 0 spiro atoms. The van der Waals surface area contributed by atoms with Gasteiger partial charge in [0, 0.05) is 25.4 Å². The van der Waals surface area contributed by atoms with E-state index in [1.807, 2.05) is 18.2 Å². The van der Waals surface area contributed by atoms with Gasteiger partial charge < -0.3 is 10.1 Å². The summed E-state index contributed by atoms with van der Waals surface area (Å²) in [5.74, 6) is 0.480. The van der Waals surface area contributed by atoms with Crippen LogP contribution in [0.1, 0.15) is 11.3 Å². The highest BCUT2D eigenvalue weighted by atomic mass is 16.6. The van der Waals surface area contributed by atoms with Gasteiger partial charge in [0.05, 0.1) is 23.8 Å². The number of methoxy groups -OCH3 is 1. The molecule has 2 rings (SSSR count). The first-order valence-corrected chi connectivity index (χ1v) is 6.12. The van der Waals surface area contributed by atoms with Crippen LogP contribution in [-0.2, 0) is 13.1 Å². The molecule has 0 radical (unpaired) electrons. The first-order chi connectivity index (χ1) is 9.69. The number of rotatable bonds is 6. The quantitative estimate of drug-likeness (QED) is 0.645. The Bertz CT molecular complexity index is 587. The van der Waals surface area contributed by atoms with E-state index in [2.05, 4.69) is 10.3 Å². The number of benzene rings is 1. The van der Waals surface area contributed by atoms with Crippen LogP contribution in [0.25, 0.3) is 0 Å². The lowest BCUT2D eigenvalue weighted by Crippen LogP contribution is -2.13. The number of nitrogens with zero attached hydrogens (tertiary/aromatic N) is 2. The van der Waals surface area contributed by atoms with Crippen molar-refractivity contribution in [3.63, 3.8) is 0 Å². The number of nitrogens with one attached hydrogen (secondary N) is 1. The normalized spacial score (nSPS) is 10.2. The average molecular weight is 273 g/mol. The molecular formula is C14H15N3O3. The van der Waals surface area contributed by atoms with Gasteiger partial charge in [0.1, 0.15) is 5.75 Å². The van der Waals surface area contributed by atoms with E-state index in [0.717, 1.165) is 11.3 Å². The molecule has 104 valence electrons. The number of pyridine rings is 1. The molecule has 20 heavy (non-hydrogen) atoms. The Kier molecular flexibility index (Phi) is 4.62. The van der Waals surface area contributed by atoms with Gasteiger partial charge in [-0.1, -0.05) is 6.07 Å². The van der Waals surface area contributed by atoms with Crippen molar-refractivity contribution in [2.75, 3.05) is 7.11 Å². The van der Waals surface area contributed by atoms with Gasteiger partial charge in [-0.15, -0.1) is 0 Å². The van der Waals surface area contributed by atoms with Gasteiger partial charge in [-0.2, -0.15) is 0 Å². The Morgan fingerprint density at radius 1 is 1.30 bits per heavy atom. The average Bonchev–Trinajstić information content (AvgIpc) is 2.48. The fourth-order valence-electron chi connectivity index (χ4n) is 1.81. The summed E-state index contributed by atoms with van der Waals surface area (Å²) >= 11 is 0. The molecule has 1 heterocycles. The highest BCUT2D eigenvalue weighted by Crippen LogP contribution is 2.22. The molecular weight excluding hydrogens is 258 g/mol. The van der Waals surface area contributed by atoms with E-state index >= 15 is 0 Å². The highest BCUT2D eigenvalue weighted by Gasteiger charge is 2.09. The molecule has 0 amide bonds. The third-order valence-electron chi connectivity index (χ3n) is 2.76. The molecule has 0 aliphatic rings. The highest BCUT2D eigenvalue weighted by molar-refractivity contribution is 5.42. The molecule has 0 aliphatic carbocycles. The van der Waals surface area contributed by atoms with E-state index in [0.29, 0.717) is 18.8 Å². The monoisotopic (exact) mass is 273 g/mol. The standard InChI is InChI=1S/C14H15N3O3/c1-20-14-7-11(6-13(8-14)17(18)19)9-15-10-12-4-2-3-5-16-12/h2-8,15H,9-10H2,1H3. The van der Waals surface area contributed by atoms with Crippen molar-refractivity contribution in [2.45, 2.75) is 13.1 Å². The summed E-state index contributed by atoms with van der Waals surface area (Å²) in [6, 6.07) is 10.4. The van der Waals surface area contributed by atoms with E-state index in [1.54, 1.807) is 12.3 Å². The number of ether oxygens (including phenoxy) is 1. The third-order valence-corrected chi connectivity index (χ3v) is 2.76. The topological polar surface area (TPSA) is 77.3 Å². The number of nitro benzene ring substituents is 1. The summed E-state index contributed by atoms with van der Waals surface area (Å²) in [5, 5.41) is 14.0. The maximum absolute atomic E-state index is 10.8.